The summed E-state index contributed by atoms with van der Waals surface area (Å²) in [6.45, 7) is 7.10. The van der Waals surface area contributed by atoms with Crippen LogP contribution in [0.3, 0.4) is 0 Å². The molecule has 0 fully saturated rings. The van der Waals surface area contributed by atoms with Crippen molar-refractivity contribution in [1.29, 1.82) is 0 Å². The highest BCUT2D eigenvalue weighted by molar-refractivity contribution is 5.75. The molecule has 2 aromatic heterocycles. The van der Waals surface area contributed by atoms with Gasteiger partial charge in [0, 0.05) is 23.7 Å². The van der Waals surface area contributed by atoms with Crippen molar-refractivity contribution in [3.8, 4) is 0 Å². The summed E-state index contributed by atoms with van der Waals surface area (Å²) in [5.41, 5.74) is 4.64. The molecule has 20 heavy (non-hydrogen) atoms. The quantitative estimate of drug-likeness (QED) is 0.823. The van der Waals surface area contributed by atoms with Crippen LogP contribution in [-0.2, 0) is 0 Å². The minimum atomic E-state index is -0.0138. The molecular formula is C16H23N3O. The molecule has 0 spiro atoms. The van der Waals surface area contributed by atoms with E-state index in [4.69, 9.17) is 0 Å². The number of aromatic nitrogens is 2. The van der Waals surface area contributed by atoms with Gasteiger partial charge in [-0.05, 0) is 37.5 Å². The molecule has 4 nitrogen and oxygen atoms in total. The van der Waals surface area contributed by atoms with Gasteiger partial charge >= 0.3 is 0 Å². The molecule has 0 unspecified atom stereocenters. The maximum Gasteiger partial charge on any atom is 0.273 e. The number of nitrogens with zero attached hydrogens (tertiary/aromatic N) is 2. The SMILES string of the molecule is Cc1cc2cccnc2n(NCCCCC(C)C)c1=O. The second kappa shape index (κ2) is 6.55. The van der Waals surface area contributed by atoms with Gasteiger partial charge in [-0.25, -0.2) is 9.66 Å². The van der Waals surface area contributed by atoms with Gasteiger partial charge in [0.25, 0.3) is 5.56 Å². The molecule has 0 saturated heterocycles. The van der Waals surface area contributed by atoms with Gasteiger partial charge in [-0.2, -0.15) is 0 Å². The van der Waals surface area contributed by atoms with Crippen molar-refractivity contribution < 1.29 is 0 Å². The van der Waals surface area contributed by atoms with Gasteiger partial charge in [0.1, 0.15) is 0 Å². The topological polar surface area (TPSA) is 46.9 Å². The average Bonchev–Trinajstić information content (AvgIpc) is 2.42. The zero-order valence-electron chi connectivity index (χ0n) is 12.5. The van der Waals surface area contributed by atoms with Gasteiger partial charge in [0.15, 0.2) is 5.65 Å². The van der Waals surface area contributed by atoms with E-state index in [1.54, 1.807) is 10.9 Å². The monoisotopic (exact) mass is 273 g/mol. The smallest absolute Gasteiger partial charge is 0.273 e. The summed E-state index contributed by atoms with van der Waals surface area (Å²) < 4.78 is 1.58. The summed E-state index contributed by atoms with van der Waals surface area (Å²) in [6, 6.07) is 5.76. The zero-order chi connectivity index (χ0) is 14.5. The molecule has 0 bridgehead atoms. The number of fused-ring (bicyclic) bond motifs is 1. The first kappa shape index (κ1) is 14.6. The van der Waals surface area contributed by atoms with Gasteiger partial charge in [0.05, 0.1) is 0 Å². The second-order valence-electron chi connectivity index (χ2n) is 5.68. The molecule has 4 heteroatoms. The van der Waals surface area contributed by atoms with Crippen molar-refractivity contribution in [1.82, 2.24) is 9.66 Å². The Kier molecular flexibility index (Phi) is 4.77. The summed E-state index contributed by atoms with van der Waals surface area (Å²) in [6.07, 6.45) is 5.18. The first-order valence-electron chi connectivity index (χ1n) is 7.31. The van der Waals surface area contributed by atoms with Crippen LogP contribution < -0.4 is 11.0 Å². The predicted molar refractivity (Wildman–Crippen MR) is 83.7 cm³/mol. The van der Waals surface area contributed by atoms with Crippen LogP contribution in [-0.4, -0.2) is 16.2 Å². The van der Waals surface area contributed by atoms with Gasteiger partial charge in [-0.15, -0.1) is 0 Å². The van der Waals surface area contributed by atoms with Crippen LogP contribution >= 0.6 is 0 Å². The molecule has 0 atom stereocenters. The van der Waals surface area contributed by atoms with E-state index < -0.39 is 0 Å². The summed E-state index contributed by atoms with van der Waals surface area (Å²) in [5.74, 6) is 0.735. The van der Waals surface area contributed by atoms with Crippen LogP contribution in [0.5, 0.6) is 0 Å². The number of nitrogens with one attached hydrogen (secondary N) is 1. The lowest BCUT2D eigenvalue weighted by molar-refractivity contribution is 0.539. The highest BCUT2D eigenvalue weighted by Crippen LogP contribution is 2.09. The molecule has 2 rings (SSSR count). The van der Waals surface area contributed by atoms with Crippen LogP contribution in [0.25, 0.3) is 11.0 Å². The Morgan fingerprint density at radius 1 is 1.35 bits per heavy atom. The summed E-state index contributed by atoms with van der Waals surface area (Å²) in [4.78, 5) is 16.5. The van der Waals surface area contributed by atoms with Crippen LogP contribution in [0, 0.1) is 12.8 Å². The Morgan fingerprint density at radius 2 is 2.15 bits per heavy atom. The lowest BCUT2D eigenvalue weighted by Crippen LogP contribution is -2.31. The van der Waals surface area contributed by atoms with Gasteiger partial charge < -0.3 is 5.43 Å². The third-order valence-electron chi connectivity index (χ3n) is 3.42. The van der Waals surface area contributed by atoms with Gasteiger partial charge in [-0.3, -0.25) is 4.79 Å². The van der Waals surface area contributed by atoms with E-state index >= 15 is 0 Å². The standard InChI is InChI=1S/C16H23N3O/c1-12(2)7-4-5-10-18-19-15-14(8-6-9-17-15)11-13(3)16(19)20/h6,8-9,11-12,18H,4-5,7,10H2,1-3H3. The highest BCUT2D eigenvalue weighted by atomic mass is 16.1. The molecule has 0 aliphatic rings. The van der Waals surface area contributed by atoms with Crippen molar-refractivity contribution in [2.45, 2.75) is 40.0 Å². The van der Waals surface area contributed by atoms with Crippen LogP contribution in [0.4, 0.5) is 0 Å². The Bertz CT molecular complexity index is 631. The van der Waals surface area contributed by atoms with Gasteiger partial charge in [0.2, 0.25) is 0 Å². The fraction of sp³-hybridized carbons (Fsp3) is 0.500. The molecule has 0 saturated carbocycles. The number of rotatable bonds is 6. The van der Waals surface area contributed by atoms with E-state index in [1.165, 1.54) is 12.8 Å². The first-order valence-corrected chi connectivity index (χ1v) is 7.31. The normalized spacial score (nSPS) is 11.2. The second-order valence-corrected chi connectivity index (χ2v) is 5.68. The van der Waals surface area contributed by atoms with Crippen molar-refractivity contribution >= 4 is 11.0 Å². The van der Waals surface area contributed by atoms with E-state index in [2.05, 4.69) is 24.3 Å². The average molecular weight is 273 g/mol. The fourth-order valence-corrected chi connectivity index (χ4v) is 2.29. The predicted octanol–water partition coefficient (Wildman–Crippen LogP) is 3.07. The number of hydrogen-bond acceptors (Lipinski definition) is 3. The summed E-state index contributed by atoms with van der Waals surface area (Å²) in [7, 11) is 0. The lowest BCUT2D eigenvalue weighted by atomic mass is 10.1. The van der Waals surface area contributed by atoms with Crippen molar-refractivity contribution in [3.63, 3.8) is 0 Å². The Labute approximate surface area is 119 Å². The Morgan fingerprint density at radius 3 is 2.90 bits per heavy atom. The third kappa shape index (κ3) is 3.38. The maximum atomic E-state index is 12.2. The number of hydrogen-bond donors (Lipinski definition) is 1. The molecule has 2 heterocycles. The molecule has 108 valence electrons. The van der Waals surface area contributed by atoms with E-state index in [9.17, 15) is 4.79 Å². The molecule has 0 radical (unpaired) electrons. The van der Waals surface area contributed by atoms with E-state index in [0.29, 0.717) is 5.65 Å². The van der Waals surface area contributed by atoms with Crippen molar-refractivity contribution in [2.75, 3.05) is 12.0 Å². The Balaban J connectivity index is 2.13. The largest absolute Gasteiger partial charge is 0.321 e. The molecule has 2 aromatic rings. The van der Waals surface area contributed by atoms with E-state index in [1.807, 2.05) is 25.1 Å². The van der Waals surface area contributed by atoms with E-state index in [0.717, 1.165) is 29.8 Å². The summed E-state index contributed by atoms with van der Waals surface area (Å²) >= 11 is 0. The number of unbranched alkanes of at least 4 members (excludes halogenated alkanes) is 1. The zero-order valence-corrected chi connectivity index (χ0v) is 12.5. The first-order chi connectivity index (χ1) is 9.59. The molecule has 0 aliphatic heterocycles. The number of aryl methyl sites for hydroxylation is 1. The molecule has 0 amide bonds. The van der Waals surface area contributed by atoms with E-state index in [-0.39, 0.29) is 5.56 Å². The Hall–Kier alpha value is -1.84. The van der Waals surface area contributed by atoms with Crippen LogP contribution in [0.2, 0.25) is 0 Å². The summed E-state index contributed by atoms with van der Waals surface area (Å²) in [5, 5.41) is 0.985. The minimum absolute atomic E-state index is 0.0138. The molecular weight excluding hydrogens is 250 g/mol. The van der Waals surface area contributed by atoms with Gasteiger partial charge in [-0.1, -0.05) is 26.7 Å². The minimum Gasteiger partial charge on any atom is -0.321 e. The molecule has 1 N–H and O–H groups in total. The van der Waals surface area contributed by atoms with Crippen molar-refractivity contribution in [3.05, 3.63) is 40.3 Å². The van der Waals surface area contributed by atoms with Crippen LogP contribution in [0.15, 0.2) is 29.2 Å². The lowest BCUT2D eigenvalue weighted by Gasteiger charge is -2.13. The molecule has 0 aliphatic carbocycles. The molecule has 0 aromatic carbocycles. The maximum absolute atomic E-state index is 12.2. The third-order valence-corrected chi connectivity index (χ3v) is 3.42. The van der Waals surface area contributed by atoms with Crippen LogP contribution in [0.1, 0.15) is 38.7 Å². The highest BCUT2D eigenvalue weighted by Gasteiger charge is 2.06. The number of pyridine rings is 2. The fourth-order valence-electron chi connectivity index (χ4n) is 2.29. The van der Waals surface area contributed by atoms with Crippen molar-refractivity contribution in [2.24, 2.45) is 5.92 Å².